The number of rotatable bonds is 5. The van der Waals surface area contributed by atoms with Crippen molar-refractivity contribution < 1.29 is 4.79 Å². The average Bonchev–Trinajstić information content (AvgIpc) is 2.27. The van der Waals surface area contributed by atoms with Crippen LogP contribution in [-0.4, -0.2) is 40.4 Å². The van der Waals surface area contributed by atoms with Gasteiger partial charge in [0, 0.05) is 19.2 Å². The van der Waals surface area contributed by atoms with Crippen LogP contribution in [0.5, 0.6) is 0 Å². The Morgan fingerprint density at radius 3 is 2.65 bits per heavy atom. The summed E-state index contributed by atoms with van der Waals surface area (Å²) in [5.74, 6) is 0.708. The van der Waals surface area contributed by atoms with Gasteiger partial charge in [-0.2, -0.15) is 4.98 Å². The van der Waals surface area contributed by atoms with Crippen molar-refractivity contribution >= 4 is 33.6 Å². The fraction of sp³-hybridized carbons (Fsp3) is 0.500. The zero-order chi connectivity index (χ0) is 12.8. The van der Waals surface area contributed by atoms with E-state index in [1.807, 2.05) is 13.8 Å². The highest BCUT2D eigenvalue weighted by molar-refractivity contribution is 9.10. The van der Waals surface area contributed by atoms with E-state index in [-0.39, 0.29) is 12.5 Å². The Hall–Kier alpha value is -1.37. The molecule has 1 amide bonds. The van der Waals surface area contributed by atoms with Gasteiger partial charge in [-0.15, -0.1) is 0 Å². The summed E-state index contributed by atoms with van der Waals surface area (Å²) in [7, 11) is 0. The molecule has 0 unspecified atom stereocenters. The van der Waals surface area contributed by atoms with Crippen molar-refractivity contribution in [3.05, 3.63) is 10.7 Å². The lowest BCUT2D eigenvalue weighted by Gasteiger charge is -2.18. The molecule has 0 aliphatic rings. The maximum atomic E-state index is 11.7. The Balaban J connectivity index is 2.58. The molecule has 1 rings (SSSR count). The Morgan fingerprint density at radius 1 is 1.47 bits per heavy atom. The summed E-state index contributed by atoms with van der Waals surface area (Å²) in [5, 5.41) is 2.85. The molecule has 3 N–H and O–H groups in total. The Kier molecular flexibility index (Phi) is 5.14. The molecule has 0 bridgehead atoms. The minimum Gasteiger partial charge on any atom is -0.383 e. The Bertz CT molecular complexity index is 374. The van der Waals surface area contributed by atoms with E-state index in [1.165, 1.54) is 0 Å². The second-order valence-corrected chi connectivity index (χ2v) is 4.17. The largest absolute Gasteiger partial charge is 0.383 e. The number of nitrogens with one attached hydrogen (secondary N) is 1. The van der Waals surface area contributed by atoms with Crippen LogP contribution in [0.15, 0.2) is 10.7 Å². The predicted octanol–water partition coefficient (Wildman–Crippen LogP) is 1.10. The first-order valence-electron chi connectivity index (χ1n) is 5.38. The van der Waals surface area contributed by atoms with Crippen LogP contribution in [0.3, 0.4) is 0 Å². The lowest BCUT2D eigenvalue weighted by molar-refractivity contribution is -0.128. The smallest absolute Gasteiger partial charge is 0.241 e. The first-order valence-corrected chi connectivity index (χ1v) is 6.17. The number of likely N-dealkylation sites (N-methyl/N-ethyl adjacent to an activating group) is 1. The standard InChI is InChI=1S/C10H16BrN5O/c1-3-16(4-2)9(17)6-13-10-14-7(11)5-8(12)15-10/h5H,3-4,6H2,1-2H3,(H3,12,13,14,15). The summed E-state index contributed by atoms with van der Waals surface area (Å²) in [6, 6.07) is 1.59. The molecule has 94 valence electrons. The van der Waals surface area contributed by atoms with Crippen molar-refractivity contribution in [2.45, 2.75) is 13.8 Å². The molecule has 0 aliphatic carbocycles. The highest BCUT2D eigenvalue weighted by Gasteiger charge is 2.09. The summed E-state index contributed by atoms with van der Waals surface area (Å²) >= 11 is 3.21. The van der Waals surface area contributed by atoms with Crippen molar-refractivity contribution in [1.82, 2.24) is 14.9 Å². The molecule has 6 nitrogen and oxygen atoms in total. The van der Waals surface area contributed by atoms with E-state index in [0.29, 0.717) is 29.5 Å². The third-order valence-corrected chi connectivity index (χ3v) is 2.63. The van der Waals surface area contributed by atoms with Gasteiger partial charge in [0.2, 0.25) is 11.9 Å². The molecule has 0 aromatic carbocycles. The van der Waals surface area contributed by atoms with E-state index < -0.39 is 0 Å². The molecule has 0 radical (unpaired) electrons. The lowest BCUT2D eigenvalue weighted by atomic mass is 10.4. The summed E-state index contributed by atoms with van der Waals surface area (Å²) in [5.41, 5.74) is 5.56. The SMILES string of the molecule is CCN(CC)C(=O)CNc1nc(N)cc(Br)n1. The van der Waals surface area contributed by atoms with E-state index in [9.17, 15) is 4.79 Å². The van der Waals surface area contributed by atoms with Crippen LogP contribution < -0.4 is 11.1 Å². The number of anilines is 2. The molecule has 0 saturated heterocycles. The van der Waals surface area contributed by atoms with Crippen LogP contribution in [0, 0.1) is 0 Å². The number of hydrogen-bond acceptors (Lipinski definition) is 5. The van der Waals surface area contributed by atoms with E-state index in [4.69, 9.17) is 5.73 Å². The second-order valence-electron chi connectivity index (χ2n) is 3.36. The quantitative estimate of drug-likeness (QED) is 0.796. The van der Waals surface area contributed by atoms with Crippen LogP contribution in [0.25, 0.3) is 0 Å². The maximum Gasteiger partial charge on any atom is 0.241 e. The number of carbonyl (C=O) groups excluding carboxylic acids is 1. The minimum atomic E-state index is 0.0112. The van der Waals surface area contributed by atoms with Crippen molar-refractivity contribution in [3.63, 3.8) is 0 Å². The summed E-state index contributed by atoms with van der Waals surface area (Å²) in [4.78, 5) is 21.5. The third-order valence-electron chi connectivity index (χ3n) is 2.23. The number of nitrogen functional groups attached to an aromatic ring is 1. The van der Waals surface area contributed by atoms with Crippen LogP contribution in [0.4, 0.5) is 11.8 Å². The molecular weight excluding hydrogens is 286 g/mol. The number of halogens is 1. The third kappa shape index (κ3) is 4.18. The molecule has 0 fully saturated rings. The van der Waals surface area contributed by atoms with Crippen molar-refractivity contribution in [1.29, 1.82) is 0 Å². The van der Waals surface area contributed by atoms with Gasteiger partial charge in [0.1, 0.15) is 10.4 Å². The molecule has 1 aromatic heterocycles. The number of aromatic nitrogens is 2. The highest BCUT2D eigenvalue weighted by Crippen LogP contribution is 2.11. The maximum absolute atomic E-state index is 11.7. The van der Waals surface area contributed by atoms with Gasteiger partial charge in [0.15, 0.2) is 0 Å². The molecular formula is C10H16BrN5O. The van der Waals surface area contributed by atoms with Gasteiger partial charge in [-0.3, -0.25) is 4.79 Å². The molecule has 0 aliphatic heterocycles. The van der Waals surface area contributed by atoms with Crippen LogP contribution in [-0.2, 0) is 4.79 Å². The lowest BCUT2D eigenvalue weighted by Crippen LogP contribution is -2.35. The van der Waals surface area contributed by atoms with Gasteiger partial charge < -0.3 is 16.0 Å². The first kappa shape index (κ1) is 13.7. The number of carbonyl (C=O) groups is 1. The second kappa shape index (κ2) is 6.39. The fourth-order valence-corrected chi connectivity index (χ4v) is 1.76. The zero-order valence-electron chi connectivity index (χ0n) is 9.90. The van der Waals surface area contributed by atoms with Crippen LogP contribution >= 0.6 is 15.9 Å². The molecule has 0 saturated carbocycles. The van der Waals surface area contributed by atoms with E-state index >= 15 is 0 Å². The fourth-order valence-electron chi connectivity index (χ4n) is 1.36. The molecule has 1 aromatic rings. The van der Waals surface area contributed by atoms with Gasteiger partial charge in [0.25, 0.3) is 0 Å². The average molecular weight is 302 g/mol. The van der Waals surface area contributed by atoms with Gasteiger partial charge in [-0.05, 0) is 29.8 Å². The predicted molar refractivity (Wildman–Crippen MR) is 70.6 cm³/mol. The Labute approximate surface area is 109 Å². The van der Waals surface area contributed by atoms with E-state index in [1.54, 1.807) is 11.0 Å². The molecule has 1 heterocycles. The monoisotopic (exact) mass is 301 g/mol. The number of hydrogen-bond donors (Lipinski definition) is 2. The normalized spacial score (nSPS) is 10.1. The van der Waals surface area contributed by atoms with Gasteiger partial charge in [0.05, 0.1) is 6.54 Å². The topological polar surface area (TPSA) is 84.1 Å². The van der Waals surface area contributed by atoms with Crippen LogP contribution in [0.1, 0.15) is 13.8 Å². The van der Waals surface area contributed by atoms with E-state index in [0.717, 1.165) is 0 Å². The first-order chi connectivity index (χ1) is 8.06. The zero-order valence-corrected chi connectivity index (χ0v) is 11.5. The van der Waals surface area contributed by atoms with Crippen molar-refractivity contribution in [3.8, 4) is 0 Å². The number of amides is 1. The Morgan fingerprint density at radius 2 is 2.12 bits per heavy atom. The summed E-state index contributed by atoms with van der Waals surface area (Å²) < 4.78 is 0.586. The van der Waals surface area contributed by atoms with Crippen molar-refractivity contribution in [2.75, 3.05) is 30.7 Å². The highest BCUT2D eigenvalue weighted by atomic mass is 79.9. The number of nitrogens with two attached hydrogens (primary N) is 1. The van der Waals surface area contributed by atoms with E-state index in [2.05, 4.69) is 31.2 Å². The molecule has 7 heteroatoms. The number of nitrogens with zero attached hydrogens (tertiary/aromatic N) is 3. The van der Waals surface area contributed by atoms with Gasteiger partial charge >= 0.3 is 0 Å². The van der Waals surface area contributed by atoms with Crippen LogP contribution in [0.2, 0.25) is 0 Å². The molecule has 0 atom stereocenters. The molecule has 17 heavy (non-hydrogen) atoms. The van der Waals surface area contributed by atoms with Gasteiger partial charge in [-0.25, -0.2) is 4.98 Å². The minimum absolute atomic E-state index is 0.0112. The molecule has 0 spiro atoms. The summed E-state index contributed by atoms with van der Waals surface area (Å²) in [6.45, 7) is 5.43. The summed E-state index contributed by atoms with van der Waals surface area (Å²) in [6.07, 6.45) is 0. The van der Waals surface area contributed by atoms with Gasteiger partial charge in [-0.1, -0.05) is 0 Å². The van der Waals surface area contributed by atoms with Crippen molar-refractivity contribution in [2.24, 2.45) is 0 Å².